The number of carboxylic acid groups (broad SMARTS) is 1. The van der Waals surface area contributed by atoms with Crippen LogP contribution in [0.4, 0.5) is 5.82 Å². The Balaban J connectivity index is 1.22. The second-order valence-electron chi connectivity index (χ2n) is 9.87. The van der Waals surface area contributed by atoms with E-state index in [1.54, 1.807) is 24.1 Å². The van der Waals surface area contributed by atoms with E-state index in [1.165, 1.54) is 5.56 Å². The largest absolute Gasteiger partial charge is 0.481 e. The van der Waals surface area contributed by atoms with Crippen molar-refractivity contribution in [1.82, 2.24) is 29.6 Å². The van der Waals surface area contributed by atoms with Crippen LogP contribution in [0.1, 0.15) is 16.1 Å². The van der Waals surface area contributed by atoms with Crippen LogP contribution >= 0.6 is 0 Å². The maximum Gasteiger partial charge on any atom is 0.354 e. The van der Waals surface area contributed by atoms with E-state index in [-0.39, 0.29) is 5.69 Å². The Labute approximate surface area is 231 Å². The molecule has 6 rings (SSSR count). The van der Waals surface area contributed by atoms with Gasteiger partial charge in [0.05, 0.1) is 18.8 Å². The molecule has 1 N–H and O–H groups in total. The molecule has 0 bridgehead atoms. The predicted octanol–water partition coefficient (Wildman–Crippen LogP) is 4.12. The van der Waals surface area contributed by atoms with Crippen molar-refractivity contribution in [3.63, 3.8) is 0 Å². The van der Waals surface area contributed by atoms with Crippen molar-refractivity contribution < 1.29 is 14.6 Å². The van der Waals surface area contributed by atoms with E-state index in [4.69, 9.17) is 9.72 Å². The number of anilines is 1. The number of pyridine rings is 3. The van der Waals surface area contributed by atoms with E-state index in [1.807, 2.05) is 43.8 Å². The molecule has 0 spiro atoms. The first-order valence-electron chi connectivity index (χ1n) is 13.1. The van der Waals surface area contributed by atoms with Crippen molar-refractivity contribution in [3.8, 4) is 28.1 Å². The molecule has 0 unspecified atom stereocenters. The number of carboxylic acids is 1. The molecule has 5 aromatic rings. The van der Waals surface area contributed by atoms with Crippen molar-refractivity contribution in [3.05, 3.63) is 84.6 Å². The van der Waals surface area contributed by atoms with Gasteiger partial charge >= 0.3 is 5.97 Å². The van der Waals surface area contributed by atoms with Crippen LogP contribution in [0.25, 0.3) is 33.2 Å². The van der Waals surface area contributed by atoms with Gasteiger partial charge in [0.2, 0.25) is 5.88 Å². The van der Waals surface area contributed by atoms with Gasteiger partial charge in [0.15, 0.2) is 0 Å². The Morgan fingerprint density at radius 3 is 2.42 bits per heavy atom. The molecule has 1 aliphatic heterocycles. The molecule has 202 valence electrons. The Hall–Kier alpha value is -4.83. The van der Waals surface area contributed by atoms with E-state index in [0.717, 1.165) is 66.2 Å². The van der Waals surface area contributed by atoms with Crippen LogP contribution in [0.15, 0.2) is 73.3 Å². The summed E-state index contributed by atoms with van der Waals surface area (Å²) in [7, 11) is 3.49. The number of ether oxygens (including phenoxy) is 1. The number of aromatic nitrogens is 5. The number of rotatable bonds is 7. The van der Waals surface area contributed by atoms with Gasteiger partial charge in [-0.25, -0.2) is 19.7 Å². The Kier molecular flexibility index (Phi) is 6.83. The number of carbonyl (C=O) groups is 1. The molecule has 1 fully saturated rings. The fraction of sp³-hybridized carbons (Fsp3) is 0.233. The van der Waals surface area contributed by atoms with E-state index >= 15 is 0 Å². The normalized spacial score (nSPS) is 14.0. The third-order valence-electron chi connectivity index (χ3n) is 7.23. The summed E-state index contributed by atoms with van der Waals surface area (Å²) in [6.07, 6.45) is 7.48. The SMILES string of the molecule is COc1ccc(CN2CCN(c3ccc(-c4cc(-c5cnn(C)c5)cc5nc(C(=O)O)ccc45)cn3)CC2)cn1. The molecule has 0 atom stereocenters. The number of hydrogen-bond acceptors (Lipinski definition) is 8. The number of nitrogens with zero attached hydrogens (tertiary/aromatic N) is 7. The van der Waals surface area contributed by atoms with Crippen LogP contribution in [0.2, 0.25) is 0 Å². The molecular formula is C30H29N7O3. The van der Waals surface area contributed by atoms with E-state index in [9.17, 15) is 9.90 Å². The van der Waals surface area contributed by atoms with Crippen LogP contribution in [0.5, 0.6) is 5.88 Å². The maximum atomic E-state index is 11.6. The molecule has 0 saturated carbocycles. The molecular weight excluding hydrogens is 506 g/mol. The highest BCUT2D eigenvalue weighted by molar-refractivity contribution is 6.00. The predicted molar refractivity (Wildman–Crippen MR) is 152 cm³/mol. The molecule has 4 aromatic heterocycles. The average molecular weight is 536 g/mol. The fourth-order valence-corrected chi connectivity index (χ4v) is 5.08. The minimum absolute atomic E-state index is 0.0117. The molecule has 0 aliphatic carbocycles. The van der Waals surface area contributed by atoms with Gasteiger partial charge in [0, 0.05) is 80.9 Å². The topological polar surface area (TPSA) is 110 Å². The fourth-order valence-electron chi connectivity index (χ4n) is 5.08. The van der Waals surface area contributed by atoms with Crippen molar-refractivity contribution in [2.45, 2.75) is 6.54 Å². The Morgan fingerprint density at radius 2 is 1.77 bits per heavy atom. The lowest BCUT2D eigenvalue weighted by molar-refractivity contribution is 0.0691. The highest BCUT2D eigenvalue weighted by Crippen LogP contribution is 2.34. The summed E-state index contributed by atoms with van der Waals surface area (Å²) >= 11 is 0. The van der Waals surface area contributed by atoms with Gasteiger partial charge in [-0.1, -0.05) is 6.07 Å². The molecule has 40 heavy (non-hydrogen) atoms. The zero-order chi connectivity index (χ0) is 27.6. The van der Waals surface area contributed by atoms with Crippen LogP contribution in [-0.2, 0) is 13.6 Å². The highest BCUT2D eigenvalue weighted by Gasteiger charge is 2.19. The van der Waals surface area contributed by atoms with Crippen molar-refractivity contribution in [2.75, 3.05) is 38.2 Å². The van der Waals surface area contributed by atoms with Crippen molar-refractivity contribution in [2.24, 2.45) is 7.05 Å². The van der Waals surface area contributed by atoms with E-state index in [2.05, 4.69) is 49.1 Å². The third-order valence-corrected chi connectivity index (χ3v) is 7.23. The third kappa shape index (κ3) is 5.21. The van der Waals surface area contributed by atoms with E-state index in [0.29, 0.717) is 11.4 Å². The smallest absolute Gasteiger partial charge is 0.354 e. The van der Waals surface area contributed by atoms with Gasteiger partial charge in [0.25, 0.3) is 0 Å². The minimum atomic E-state index is -1.05. The molecule has 0 amide bonds. The Morgan fingerprint density at radius 1 is 0.925 bits per heavy atom. The molecule has 1 aliphatic rings. The molecule has 1 aromatic carbocycles. The molecule has 5 heterocycles. The first kappa shape index (κ1) is 25.4. The summed E-state index contributed by atoms with van der Waals surface area (Å²) in [4.78, 5) is 29.9. The molecule has 0 radical (unpaired) electrons. The average Bonchev–Trinajstić information content (AvgIpc) is 3.43. The quantitative estimate of drug-likeness (QED) is 0.329. The molecule has 10 heteroatoms. The van der Waals surface area contributed by atoms with Gasteiger partial charge in [-0.2, -0.15) is 5.10 Å². The van der Waals surface area contributed by atoms with Crippen LogP contribution in [0, 0.1) is 0 Å². The maximum absolute atomic E-state index is 11.6. The summed E-state index contributed by atoms with van der Waals surface area (Å²) in [5.41, 5.74) is 5.52. The lowest BCUT2D eigenvalue weighted by Crippen LogP contribution is -2.46. The summed E-state index contributed by atoms with van der Waals surface area (Å²) in [6.45, 7) is 4.50. The Bertz CT molecular complexity index is 1660. The van der Waals surface area contributed by atoms with Crippen LogP contribution < -0.4 is 9.64 Å². The monoisotopic (exact) mass is 535 g/mol. The van der Waals surface area contributed by atoms with Gasteiger partial charge in [0.1, 0.15) is 11.5 Å². The minimum Gasteiger partial charge on any atom is -0.481 e. The summed E-state index contributed by atoms with van der Waals surface area (Å²) < 4.78 is 6.89. The van der Waals surface area contributed by atoms with E-state index < -0.39 is 5.97 Å². The number of benzene rings is 1. The summed E-state index contributed by atoms with van der Waals surface area (Å²) in [5.74, 6) is 0.511. The second-order valence-corrected chi connectivity index (χ2v) is 9.87. The van der Waals surface area contributed by atoms with Crippen LogP contribution in [-0.4, -0.2) is 74.0 Å². The van der Waals surface area contributed by atoms with Crippen LogP contribution in [0.3, 0.4) is 0 Å². The number of piperazine rings is 1. The summed E-state index contributed by atoms with van der Waals surface area (Å²) in [6, 6.07) is 15.4. The molecule has 1 saturated heterocycles. The second kappa shape index (κ2) is 10.7. The van der Waals surface area contributed by atoms with Gasteiger partial charge < -0.3 is 14.7 Å². The highest BCUT2D eigenvalue weighted by atomic mass is 16.5. The molecule has 10 nitrogen and oxygen atoms in total. The first-order chi connectivity index (χ1) is 19.5. The van der Waals surface area contributed by atoms with Crippen molar-refractivity contribution in [1.29, 1.82) is 0 Å². The number of hydrogen-bond donors (Lipinski definition) is 1. The summed E-state index contributed by atoms with van der Waals surface area (Å²) in [5, 5.41) is 14.6. The van der Waals surface area contributed by atoms with Gasteiger partial charge in [-0.3, -0.25) is 9.58 Å². The standard InChI is InChI=1S/C30H29N7O3/c1-35-19-23(17-33-35)22-13-25(24-5-6-26(30(38)39)34-27(24)14-22)21-4-7-28(31-16-21)37-11-9-36(10-12-37)18-20-3-8-29(40-2)32-15-20/h3-8,13-17,19H,9-12,18H2,1-2H3,(H,38,39). The van der Waals surface area contributed by atoms with Crippen molar-refractivity contribution >= 4 is 22.7 Å². The van der Waals surface area contributed by atoms with Gasteiger partial charge in [-0.15, -0.1) is 0 Å². The lowest BCUT2D eigenvalue weighted by atomic mass is 9.96. The zero-order valence-corrected chi connectivity index (χ0v) is 22.4. The number of aryl methyl sites for hydroxylation is 1. The first-order valence-corrected chi connectivity index (χ1v) is 13.1. The number of aromatic carboxylic acids is 1. The lowest BCUT2D eigenvalue weighted by Gasteiger charge is -2.35. The number of fused-ring (bicyclic) bond motifs is 1. The zero-order valence-electron chi connectivity index (χ0n) is 22.4. The van der Waals surface area contributed by atoms with Gasteiger partial charge in [-0.05, 0) is 53.1 Å². The number of methoxy groups -OCH3 is 1.